The first-order valence-electron chi connectivity index (χ1n) is 4.07. The largest absolute Gasteiger partial charge is 0.382 e. The van der Waals surface area contributed by atoms with E-state index in [0.717, 1.165) is 5.84 Å². The Hall–Kier alpha value is -1.56. The smallest absolute Gasteiger partial charge is 0.207 e. The molecule has 0 saturated heterocycles. The molecular formula is C7H8N6. The van der Waals surface area contributed by atoms with Crippen LogP contribution in [0.4, 0.5) is 0 Å². The van der Waals surface area contributed by atoms with Gasteiger partial charge >= 0.3 is 0 Å². The predicted molar refractivity (Wildman–Crippen MR) is 50.1 cm³/mol. The van der Waals surface area contributed by atoms with Crippen LogP contribution in [-0.2, 0) is 0 Å². The van der Waals surface area contributed by atoms with Crippen molar-refractivity contribution in [2.24, 2.45) is 31.4 Å². The summed E-state index contributed by atoms with van der Waals surface area (Å²) in [7, 11) is 0. The van der Waals surface area contributed by atoms with Gasteiger partial charge in [-0.2, -0.15) is 0 Å². The van der Waals surface area contributed by atoms with Crippen LogP contribution in [0.25, 0.3) is 0 Å². The van der Waals surface area contributed by atoms with E-state index in [4.69, 9.17) is 11.5 Å². The maximum Gasteiger partial charge on any atom is 0.207 e. The number of hydrogen-bond donors (Lipinski definition) is 2. The molecule has 0 spiro atoms. The molecule has 0 aliphatic carbocycles. The van der Waals surface area contributed by atoms with Crippen molar-refractivity contribution in [2.75, 3.05) is 0 Å². The second kappa shape index (κ2) is 1.85. The first-order chi connectivity index (χ1) is 6.16. The van der Waals surface area contributed by atoms with E-state index in [1.54, 1.807) is 0 Å². The molecule has 0 aromatic carbocycles. The lowest BCUT2D eigenvalue weighted by molar-refractivity contribution is 0.442. The van der Waals surface area contributed by atoms with Crippen LogP contribution in [0.15, 0.2) is 20.0 Å². The highest BCUT2D eigenvalue weighted by Crippen LogP contribution is 2.25. The number of hydrogen-bond acceptors (Lipinski definition) is 6. The fourth-order valence-corrected chi connectivity index (χ4v) is 1.62. The number of fused-ring (bicyclic) bond motifs is 1. The summed E-state index contributed by atoms with van der Waals surface area (Å²) in [4.78, 5) is 16.7. The zero-order valence-electron chi connectivity index (χ0n) is 6.86. The maximum atomic E-state index is 5.89. The maximum absolute atomic E-state index is 5.89. The number of nitrogens with zero attached hydrogens (tertiary/aromatic N) is 4. The second-order valence-corrected chi connectivity index (χ2v) is 3.30. The Bertz CT molecular complexity index is 415. The molecule has 6 heteroatoms. The van der Waals surface area contributed by atoms with Gasteiger partial charge in [-0.05, 0) is 0 Å². The van der Waals surface area contributed by atoms with E-state index >= 15 is 0 Å². The van der Waals surface area contributed by atoms with Crippen molar-refractivity contribution in [1.82, 2.24) is 0 Å². The lowest BCUT2D eigenvalue weighted by atomic mass is 10.1. The van der Waals surface area contributed by atoms with Crippen molar-refractivity contribution in [3.8, 4) is 0 Å². The normalized spacial score (nSPS) is 34.8. The molecule has 3 heterocycles. The second-order valence-electron chi connectivity index (χ2n) is 3.30. The van der Waals surface area contributed by atoms with E-state index in [2.05, 4.69) is 20.0 Å². The number of rotatable bonds is 0. The van der Waals surface area contributed by atoms with Crippen LogP contribution < -0.4 is 11.5 Å². The zero-order chi connectivity index (χ0) is 9.05. The molecular weight excluding hydrogens is 168 g/mol. The molecule has 4 N–H and O–H groups in total. The van der Waals surface area contributed by atoms with Crippen LogP contribution in [0, 0.1) is 0 Å². The van der Waals surface area contributed by atoms with Crippen LogP contribution in [0.1, 0.15) is 12.8 Å². The van der Waals surface area contributed by atoms with Crippen molar-refractivity contribution < 1.29 is 0 Å². The summed E-state index contributed by atoms with van der Waals surface area (Å²) in [5.74, 6) is 0.761. The molecule has 13 heavy (non-hydrogen) atoms. The summed E-state index contributed by atoms with van der Waals surface area (Å²) in [6, 6.07) is 0. The van der Waals surface area contributed by atoms with Gasteiger partial charge in [-0.3, -0.25) is 5.73 Å². The Kier molecular flexibility index (Phi) is 0.981. The molecule has 1 unspecified atom stereocenters. The number of aliphatic imine (C=N–C) groups is 4. The average Bonchev–Trinajstić information content (AvgIpc) is 2.36. The highest BCUT2D eigenvalue weighted by atomic mass is 15.3. The monoisotopic (exact) mass is 176 g/mol. The summed E-state index contributed by atoms with van der Waals surface area (Å²) in [5.41, 5.74) is 12.1. The molecule has 3 aliphatic rings. The first-order valence-corrected chi connectivity index (χ1v) is 4.07. The van der Waals surface area contributed by atoms with Gasteiger partial charge in [0.25, 0.3) is 0 Å². The molecule has 0 saturated carbocycles. The minimum absolute atomic E-state index is 0.353. The van der Waals surface area contributed by atoms with E-state index in [-0.39, 0.29) is 0 Å². The first kappa shape index (κ1) is 6.90. The third kappa shape index (κ3) is 0.803. The molecule has 0 amide bonds. The van der Waals surface area contributed by atoms with Crippen molar-refractivity contribution >= 4 is 23.2 Å². The Morgan fingerprint density at radius 3 is 2.92 bits per heavy atom. The molecule has 0 fully saturated rings. The molecule has 1 atom stereocenters. The van der Waals surface area contributed by atoms with Crippen LogP contribution in [0.2, 0.25) is 0 Å². The highest BCUT2D eigenvalue weighted by Gasteiger charge is 2.37. The van der Waals surface area contributed by atoms with E-state index in [0.29, 0.717) is 30.2 Å². The molecule has 0 radical (unpaired) electrons. The van der Waals surface area contributed by atoms with Gasteiger partial charge in [-0.15, -0.1) is 0 Å². The minimum atomic E-state index is -0.899. The van der Waals surface area contributed by atoms with Gasteiger partial charge in [0.2, 0.25) is 5.79 Å². The minimum Gasteiger partial charge on any atom is -0.382 e. The predicted octanol–water partition coefficient (Wildman–Crippen LogP) is -0.985. The molecule has 3 bridgehead atoms. The summed E-state index contributed by atoms with van der Waals surface area (Å²) >= 11 is 0. The SMILES string of the molecule is NC1=NC2(N)CCC3=NC(=N2)C1=N3. The van der Waals surface area contributed by atoms with E-state index < -0.39 is 5.79 Å². The Labute approximate surface area is 74.2 Å². The van der Waals surface area contributed by atoms with Crippen LogP contribution >= 0.6 is 0 Å². The van der Waals surface area contributed by atoms with Gasteiger partial charge in [-0.25, -0.2) is 20.0 Å². The molecule has 3 aliphatic heterocycles. The van der Waals surface area contributed by atoms with Crippen molar-refractivity contribution in [3.05, 3.63) is 0 Å². The quantitative estimate of drug-likeness (QED) is 0.495. The lowest BCUT2D eigenvalue weighted by Crippen LogP contribution is -2.46. The van der Waals surface area contributed by atoms with Gasteiger partial charge < -0.3 is 5.73 Å². The van der Waals surface area contributed by atoms with Crippen molar-refractivity contribution in [3.63, 3.8) is 0 Å². The summed E-state index contributed by atoms with van der Waals surface area (Å²) in [6.07, 6.45) is 1.33. The van der Waals surface area contributed by atoms with E-state index in [9.17, 15) is 0 Å². The standard InChI is InChI=1S/C7H8N6/c8-5-4-6-11-3(10-4)1-2-7(9,12-5)13-6/h1-2,9H2,(H2,8,12). The van der Waals surface area contributed by atoms with Gasteiger partial charge in [0.15, 0.2) is 17.4 Å². The molecule has 6 nitrogen and oxygen atoms in total. The van der Waals surface area contributed by atoms with Gasteiger partial charge in [0.05, 0.1) is 0 Å². The van der Waals surface area contributed by atoms with Gasteiger partial charge in [0, 0.05) is 12.8 Å². The number of amidine groups is 3. The van der Waals surface area contributed by atoms with Crippen LogP contribution in [-0.4, -0.2) is 29.0 Å². The number of nitrogens with two attached hydrogens (primary N) is 2. The van der Waals surface area contributed by atoms with Crippen LogP contribution in [0.5, 0.6) is 0 Å². The third-order valence-corrected chi connectivity index (χ3v) is 2.26. The molecule has 0 aromatic heterocycles. The lowest BCUT2D eigenvalue weighted by Gasteiger charge is -2.24. The third-order valence-electron chi connectivity index (χ3n) is 2.26. The highest BCUT2D eigenvalue weighted by molar-refractivity contribution is 6.71. The fourth-order valence-electron chi connectivity index (χ4n) is 1.62. The molecule has 0 aromatic rings. The van der Waals surface area contributed by atoms with E-state index in [1.807, 2.05) is 0 Å². The topological polar surface area (TPSA) is 101 Å². The van der Waals surface area contributed by atoms with Crippen molar-refractivity contribution in [2.45, 2.75) is 18.6 Å². The fraction of sp³-hybridized carbons (Fsp3) is 0.429. The molecule has 66 valence electrons. The summed E-state index contributed by atoms with van der Waals surface area (Å²) < 4.78 is 0. The molecule has 3 rings (SSSR count). The van der Waals surface area contributed by atoms with Crippen LogP contribution in [0.3, 0.4) is 0 Å². The van der Waals surface area contributed by atoms with Gasteiger partial charge in [0.1, 0.15) is 5.84 Å². The summed E-state index contributed by atoms with van der Waals surface area (Å²) in [5, 5.41) is 0. The Morgan fingerprint density at radius 2 is 2.08 bits per heavy atom. The van der Waals surface area contributed by atoms with Gasteiger partial charge in [-0.1, -0.05) is 0 Å². The van der Waals surface area contributed by atoms with Crippen molar-refractivity contribution in [1.29, 1.82) is 0 Å². The Morgan fingerprint density at radius 1 is 1.23 bits per heavy atom. The zero-order valence-corrected chi connectivity index (χ0v) is 6.86. The average molecular weight is 176 g/mol. The summed E-state index contributed by atoms with van der Waals surface area (Å²) in [6.45, 7) is 0. The Balaban J connectivity index is 2.26. The van der Waals surface area contributed by atoms with E-state index in [1.165, 1.54) is 0 Å².